The van der Waals surface area contributed by atoms with Crippen LogP contribution in [0.3, 0.4) is 0 Å². The van der Waals surface area contributed by atoms with Gasteiger partial charge >= 0.3 is 5.97 Å². The fourth-order valence-corrected chi connectivity index (χ4v) is 4.64. The zero-order chi connectivity index (χ0) is 20.9. The van der Waals surface area contributed by atoms with Crippen LogP contribution < -0.4 is 0 Å². The van der Waals surface area contributed by atoms with Crippen molar-refractivity contribution < 1.29 is 19.1 Å². The number of nitrogens with zero attached hydrogens (tertiary/aromatic N) is 1. The SMILES string of the molecule is O=C(OCC(=O)N1CC[C@H]2CCCC[C@@H]2C1)c1ccc(C(=O)c2ccccc2)cc1. The van der Waals surface area contributed by atoms with Gasteiger partial charge < -0.3 is 9.64 Å². The molecule has 2 aromatic carbocycles. The largest absolute Gasteiger partial charge is 0.452 e. The van der Waals surface area contributed by atoms with E-state index in [9.17, 15) is 14.4 Å². The fourth-order valence-electron chi connectivity index (χ4n) is 4.64. The molecule has 156 valence electrons. The lowest BCUT2D eigenvalue weighted by atomic mass is 9.75. The molecule has 2 atom stereocenters. The second-order valence-electron chi connectivity index (χ2n) is 8.28. The Morgan fingerprint density at radius 1 is 0.800 bits per heavy atom. The molecule has 1 amide bonds. The Morgan fingerprint density at radius 2 is 1.43 bits per heavy atom. The molecule has 0 aromatic heterocycles. The summed E-state index contributed by atoms with van der Waals surface area (Å²) in [7, 11) is 0. The van der Waals surface area contributed by atoms with E-state index in [1.54, 1.807) is 36.4 Å². The summed E-state index contributed by atoms with van der Waals surface area (Å²) in [5.41, 5.74) is 1.43. The molecule has 1 heterocycles. The van der Waals surface area contributed by atoms with Crippen molar-refractivity contribution in [3.05, 3.63) is 71.3 Å². The van der Waals surface area contributed by atoms with Gasteiger partial charge in [0.15, 0.2) is 12.4 Å². The molecule has 2 aromatic rings. The number of amides is 1. The van der Waals surface area contributed by atoms with Crippen molar-refractivity contribution in [1.29, 1.82) is 0 Å². The average molecular weight is 405 g/mol. The molecule has 5 nitrogen and oxygen atoms in total. The highest BCUT2D eigenvalue weighted by molar-refractivity contribution is 6.09. The zero-order valence-corrected chi connectivity index (χ0v) is 17.1. The first-order chi connectivity index (χ1) is 14.6. The van der Waals surface area contributed by atoms with Crippen molar-refractivity contribution in [2.75, 3.05) is 19.7 Å². The number of carbonyl (C=O) groups excluding carboxylic acids is 3. The molecule has 0 bridgehead atoms. The van der Waals surface area contributed by atoms with Gasteiger partial charge in [-0.05, 0) is 36.8 Å². The van der Waals surface area contributed by atoms with E-state index in [0.717, 1.165) is 25.4 Å². The van der Waals surface area contributed by atoms with Crippen molar-refractivity contribution >= 4 is 17.7 Å². The zero-order valence-electron chi connectivity index (χ0n) is 17.1. The van der Waals surface area contributed by atoms with E-state index in [4.69, 9.17) is 4.74 Å². The first-order valence-electron chi connectivity index (χ1n) is 10.8. The van der Waals surface area contributed by atoms with E-state index in [-0.39, 0.29) is 18.3 Å². The molecule has 2 fully saturated rings. The number of ether oxygens (including phenoxy) is 1. The third-order valence-corrected chi connectivity index (χ3v) is 6.39. The molecular formula is C25H27NO4. The molecule has 0 radical (unpaired) electrons. The summed E-state index contributed by atoms with van der Waals surface area (Å²) in [5, 5.41) is 0. The number of fused-ring (bicyclic) bond motifs is 1. The maximum Gasteiger partial charge on any atom is 0.338 e. The summed E-state index contributed by atoms with van der Waals surface area (Å²) >= 11 is 0. The fraction of sp³-hybridized carbons (Fsp3) is 0.400. The van der Waals surface area contributed by atoms with Gasteiger partial charge in [0.1, 0.15) is 0 Å². The quantitative estimate of drug-likeness (QED) is 0.555. The molecule has 5 heteroatoms. The number of esters is 1. The topological polar surface area (TPSA) is 63.7 Å². The van der Waals surface area contributed by atoms with Crippen LogP contribution in [0.2, 0.25) is 0 Å². The van der Waals surface area contributed by atoms with Crippen LogP contribution in [-0.4, -0.2) is 42.3 Å². The van der Waals surface area contributed by atoms with Crippen molar-refractivity contribution in [1.82, 2.24) is 4.90 Å². The first kappa shape index (κ1) is 20.3. The predicted molar refractivity (Wildman–Crippen MR) is 113 cm³/mol. The molecule has 0 spiro atoms. The Balaban J connectivity index is 1.29. The van der Waals surface area contributed by atoms with E-state index in [2.05, 4.69) is 0 Å². The molecule has 2 aliphatic rings. The molecule has 1 saturated carbocycles. The van der Waals surface area contributed by atoms with E-state index in [1.165, 1.54) is 25.7 Å². The second-order valence-corrected chi connectivity index (χ2v) is 8.28. The highest BCUT2D eigenvalue weighted by Crippen LogP contribution is 2.36. The number of piperidine rings is 1. The van der Waals surface area contributed by atoms with Crippen LogP contribution in [0.5, 0.6) is 0 Å². The van der Waals surface area contributed by atoms with Crippen molar-refractivity contribution in [2.24, 2.45) is 11.8 Å². The van der Waals surface area contributed by atoms with E-state index >= 15 is 0 Å². The van der Waals surface area contributed by atoms with Crippen molar-refractivity contribution in [2.45, 2.75) is 32.1 Å². The lowest BCUT2D eigenvalue weighted by Crippen LogP contribution is -2.46. The summed E-state index contributed by atoms with van der Waals surface area (Å²) < 4.78 is 5.25. The van der Waals surface area contributed by atoms with Crippen LogP contribution in [0.25, 0.3) is 0 Å². The molecule has 1 aliphatic heterocycles. The number of likely N-dealkylation sites (tertiary alicyclic amines) is 1. The first-order valence-corrected chi connectivity index (χ1v) is 10.8. The summed E-state index contributed by atoms with van der Waals surface area (Å²) in [6, 6.07) is 15.3. The third kappa shape index (κ3) is 4.61. The van der Waals surface area contributed by atoms with Crippen LogP contribution >= 0.6 is 0 Å². The highest BCUT2D eigenvalue weighted by Gasteiger charge is 2.33. The summed E-state index contributed by atoms with van der Waals surface area (Å²) in [5.74, 6) is 0.582. The number of benzene rings is 2. The predicted octanol–water partition coefficient (Wildman–Crippen LogP) is 4.11. The number of ketones is 1. The number of hydrogen-bond donors (Lipinski definition) is 0. The van der Waals surface area contributed by atoms with Crippen LogP contribution in [0.4, 0.5) is 0 Å². The van der Waals surface area contributed by atoms with Gasteiger partial charge in [0.05, 0.1) is 5.56 Å². The molecular weight excluding hydrogens is 378 g/mol. The Morgan fingerprint density at radius 3 is 2.17 bits per heavy atom. The standard InChI is InChI=1S/C25H27NO4/c27-23(26-15-14-18-6-4-5-9-22(18)16-26)17-30-25(29)21-12-10-20(11-13-21)24(28)19-7-2-1-3-8-19/h1-3,7-8,10-13,18,22H,4-6,9,14-17H2/t18-,22-/m1/s1. The lowest BCUT2D eigenvalue weighted by Gasteiger charge is -2.41. The normalized spacial score (nSPS) is 20.9. The van der Waals surface area contributed by atoms with Gasteiger partial charge in [0, 0.05) is 24.2 Å². The minimum atomic E-state index is -0.547. The Labute approximate surface area is 177 Å². The molecule has 1 aliphatic carbocycles. The minimum absolute atomic E-state index is 0.100. The number of rotatable bonds is 5. The molecule has 0 N–H and O–H groups in total. The Kier molecular flexibility index (Phi) is 6.26. The van der Waals surface area contributed by atoms with Gasteiger partial charge in [-0.25, -0.2) is 4.79 Å². The van der Waals surface area contributed by atoms with Crippen LogP contribution in [0.15, 0.2) is 54.6 Å². The Hall–Kier alpha value is -2.95. The molecule has 0 unspecified atom stereocenters. The minimum Gasteiger partial charge on any atom is -0.452 e. The van der Waals surface area contributed by atoms with E-state index < -0.39 is 5.97 Å². The summed E-state index contributed by atoms with van der Waals surface area (Å²) in [6.45, 7) is 1.31. The molecule has 4 rings (SSSR count). The van der Waals surface area contributed by atoms with E-state index in [1.807, 2.05) is 23.1 Å². The average Bonchev–Trinajstić information content (AvgIpc) is 2.82. The van der Waals surface area contributed by atoms with Gasteiger partial charge in [0.25, 0.3) is 5.91 Å². The smallest absolute Gasteiger partial charge is 0.338 e. The van der Waals surface area contributed by atoms with Gasteiger partial charge in [-0.3, -0.25) is 9.59 Å². The van der Waals surface area contributed by atoms with Crippen LogP contribution in [-0.2, 0) is 9.53 Å². The second kappa shape index (κ2) is 9.24. The maximum atomic E-state index is 12.5. The summed E-state index contributed by atoms with van der Waals surface area (Å²) in [4.78, 5) is 39.1. The molecule has 30 heavy (non-hydrogen) atoms. The summed E-state index contributed by atoms with van der Waals surface area (Å²) in [6.07, 6.45) is 6.09. The Bertz CT molecular complexity index is 907. The van der Waals surface area contributed by atoms with Crippen LogP contribution in [0.1, 0.15) is 58.4 Å². The van der Waals surface area contributed by atoms with E-state index in [0.29, 0.717) is 22.6 Å². The van der Waals surface area contributed by atoms with Gasteiger partial charge in [-0.15, -0.1) is 0 Å². The third-order valence-electron chi connectivity index (χ3n) is 6.39. The van der Waals surface area contributed by atoms with Gasteiger partial charge in [-0.1, -0.05) is 61.7 Å². The number of hydrogen-bond acceptors (Lipinski definition) is 4. The lowest BCUT2D eigenvalue weighted by molar-refractivity contribution is -0.137. The van der Waals surface area contributed by atoms with Crippen molar-refractivity contribution in [3.8, 4) is 0 Å². The number of carbonyl (C=O) groups is 3. The van der Waals surface area contributed by atoms with Crippen LogP contribution in [0, 0.1) is 11.8 Å². The van der Waals surface area contributed by atoms with Crippen molar-refractivity contribution in [3.63, 3.8) is 0 Å². The van der Waals surface area contributed by atoms with Gasteiger partial charge in [-0.2, -0.15) is 0 Å². The monoisotopic (exact) mass is 405 g/mol. The molecule has 1 saturated heterocycles. The van der Waals surface area contributed by atoms with Gasteiger partial charge in [0.2, 0.25) is 0 Å². The highest BCUT2D eigenvalue weighted by atomic mass is 16.5. The maximum absolute atomic E-state index is 12.5.